The minimum Gasteiger partial charge on any atom is -0.493 e. The first kappa shape index (κ1) is 11.9. The molecule has 3 heteroatoms. The smallest absolute Gasteiger partial charge is 0.161 e. The Morgan fingerprint density at radius 2 is 2.07 bits per heavy atom. The topological polar surface area (TPSA) is 38.7 Å². The minimum atomic E-state index is 0.0194. The molecule has 0 spiro atoms. The Labute approximate surface area is 90.6 Å². The average Bonchev–Trinajstić information content (AvgIpc) is 2.29. The van der Waals surface area contributed by atoms with Crippen LogP contribution in [0.5, 0.6) is 11.5 Å². The number of rotatable bonds is 6. The summed E-state index contributed by atoms with van der Waals surface area (Å²) in [7, 11) is 1.60. The minimum absolute atomic E-state index is 0.0194. The van der Waals surface area contributed by atoms with Crippen LogP contribution in [0.1, 0.15) is 25.3 Å². The molecular formula is C12H18O3. The van der Waals surface area contributed by atoms with E-state index in [2.05, 4.69) is 6.92 Å². The van der Waals surface area contributed by atoms with E-state index in [1.807, 2.05) is 12.1 Å². The molecule has 84 valence electrons. The second-order valence-corrected chi connectivity index (χ2v) is 3.35. The van der Waals surface area contributed by atoms with Crippen molar-refractivity contribution in [2.24, 2.45) is 0 Å². The van der Waals surface area contributed by atoms with Crippen molar-refractivity contribution < 1.29 is 14.6 Å². The fourth-order valence-corrected chi connectivity index (χ4v) is 1.26. The number of aliphatic hydroxyl groups is 1. The zero-order valence-corrected chi connectivity index (χ0v) is 9.32. The van der Waals surface area contributed by atoms with Crippen molar-refractivity contribution in [2.75, 3.05) is 13.7 Å². The molecule has 0 amide bonds. The monoisotopic (exact) mass is 210 g/mol. The number of hydrogen-bond acceptors (Lipinski definition) is 3. The van der Waals surface area contributed by atoms with Gasteiger partial charge in [0.15, 0.2) is 11.5 Å². The fraction of sp³-hybridized carbons (Fsp3) is 0.500. The quantitative estimate of drug-likeness (QED) is 0.732. The highest BCUT2D eigenvalue weighted by molar-refractivity contribution is 5.42. The molecule has 0 atom stereocenters. The van der Waals surface area contributed by atoms with Crippen LogP contribution >= 0.6 is 0 Å². The van der Waals surface area contributed by atoms with Gasteiger partial charge in [0.05, 0.1) is 20.3 Å². The first-order valence-corrected chi connectivity index (χ1v) is 5.22. The zero-order chi connectivity index (χ0) is 11.1. The van der Waals surface area contributed by atoms with Crippen LogP contribution in [0.4, 0.5) is 0 Å². The largest absolute Gasteiger partial charge is 0.493 e. The van der Waals surface area contributed by atoms with Crippen LogP contribution in [-0.4, -0.2) is 18.8 Å². The van der Waals surface area contributed by atoms with Crippen LogP contribution in [-0.2, 0) is 6.61 Å². The summed E-state index contributed by atoms with van der Waals surface area (Å²) >= 11 is 0. The normalized spacial score (nSPS) is 10.1. The third-order valence-corrected chi connectivity index (χ3v) is 2.17. The number of benzene rings is 1. The third kappa shape index (κ3) is 3.44. The maximum absolute atomic E-state index is 8.97. The Balaban J connectivity index is 2.69. The molecule has 0 bridgehead atoms. The lowest BCUT2D eigenvalue weighted by Gasteiger charge is -2.11. The van der Waals surface area contributed by atoms with E-state index in [0.717, 1.165) is 24.2 Å². The van der Waals surface area contributed by atoms with Gasteiger partial charge in [0.1, 0.15) is 0 Å². The van der Waals surface area contributed by atoms with E-state index < -0.39 is 0 Å². The van der Waals surface area contributed by atoms with Crippen LogP contribution in [0.25, 0.3) is 0 Å². The molecule has 0 fully saturated rings. The summed E-state index contributed by atoms with van der Waals surface area (Å²) in [4.78, 5) is 0. The molecule has 0 radical (unpaired) electrons. The molecule has 1 aromatic carbocycles. The van der Waals surface area contributed by atoms with E-state index in [0.29, 0.717) is 12.4 Å². The molecule has 0 aliphatic heterocycles. The summed E-state index contributed by atoms with van der Waals surface area (Å²) in [5.74, 6) is 1.42. The molecule has 0 saturated heterocycles. The summed E-state index contributed by atoms with van der Waals surface area (Å²) in [6, 6.07) is 5.46. The summed E-state index contributed by atoms with van der Waals surface area (Å²) in [5, 5.41) is 8.97. The van der Waals surface area contributed by atoms with Gasteiger partial charge >= 0.3 is 0 Å². The van der Waals surface area contributed by atoms with Crippen molar-refractivity contribution in [3.63, 3.8) is 0 Å². The Morgan fingerprint density at radius 3 is 2.67 bits per heavy atom. The van der Waals surface area contributed by atoms with Crippen molar-refractivity contribution in [1.82, 2.24) is 0 Å². The van der Waals surface area contributed by atoms with E-state index in [1.54, 1.807) is 13.2 Å². The van der Waals surface area contributed by atoms with E-state index in [1.165, 1.54) is 0 Å². The molecule has 1 aromatic rings. The number of ether oxygens (including phenoxy) is 2. The molecule has 0 aliphatic carbocycles. The van der Waals surface area contributed by atoms with E-state index >= 15 is 0 Å². The highest BCUT2D eigenvalue weighted by Gasteiger charge is 2.04. The van der Waals surface area contributed by atoms with Gasteiger partial charge in [-0.1, -0.05) is 19.4 Å². The summed E-state index contributed by atoms with van der Waals surface area (Å²) in [5.41, 5.74) is 0.828. The molecule has 3 nitrogen and oxygen atoms in total. The molecule has 15 heavy (non-hydrogen) atoms. The third-order valence-electron chi connectivity index (χ3n) is 2.17. The van der Waals surface area contributed by atoms with Gasteiger partial charge in [-0.25, -0.2) is 0 Å². The Morgan fingerprint density at radius 1 is 1.27 bits per heavy atom. The van der Waals surface area contributed by atoms with Gasteiger partial charge in [0, 0.05) is 0 Å². The van der Waals surface area contributed by atoms with Crippen molar-refractivity contribution >= 4 is 0 Å². The predicted molar refractivity (Wildman–Crippen MR) is 59.3 cm³/mol. The molecule has 0 heterocycles. The van der Waals surface area contributed by atoms with Crippen LogP contribution in [0.3, 0.4) is 0 Å². The predicted octanol–water partition coefficient (Wildman–Crippen LogP) is 2.37. The molecule has 1 rings (SSSR count). The van der Waals surface area contributed by atoms with Crippen LogP contribution in [0.15, 0.2) is 18.2 Å². The van der Waals surface area contributed by atoms with Gasteiger partial charge in [-0.2, -0.15) is 0 Å². The molecule has 1 N–H and O–H groups in total. The first-order chi connectivity index (χ1) is 7.31. The highest BCUT2D eigenvalue weighted by Crippen LogP contribution is 2.28. The van der Waals surface area contributed by atoms with E-state index in [4.69, 9.17) is 14.6 Å². The summed E-state index contributed by atoms with van der Waals surface area (Å²) < 4.78 is 10.7. The van der Waals surface area contributed by atoms with Gasteiger partial charge in [-0.05, 0) is 24.1 Å². The van der Waals surface area contributed by atoms with Crippen LogP contribution < -0.4 is 9.47 Å². The Kier molecular flexibility index (Phi) is 4.98. The van der Waals surface area contributed by atoms with Gasteiger partial charge < -0.3 is 14.6 Å². The number of aliphatic hydroxyl groups excluding tert-OH is 1. The van der Waals surface area contributed by atoms with Gasteiger partial charge in [-0.15, -0.1) is 0 Å². The second kappa shape index (κ2) is 6.30. The maximum atomic E-state index is 8.97. The van der Waals surface area contributed by atoms with Gasteiger partial charge in [0.25, 0.3) is 0 Å². The van der Waals surface area contributed by atoms with Crippen molar-refractivity contribution in [2.45, 2.75) is 26.4 Å². The van der Waals surface area contributed by atoms with Crippen molar-refractivity contribution in [3.8, 4) is 11.5 Å². The van der Waals surface area contributed by atoms with Crippen molar-refractivity contribution in [1.29, 1.82) is 0 Å². The SMILES string of the molecule is CCCCOc1ccc(CO)cc1OC. The lowest BCUT2D eigenvalue weighted by Crippen LogP contribution is -1.99. The molecule has 0 aliphatic rings. The second-order valence-electron chi connectivity index (χ2n) is 3.35. The summed E-state index contributed by atoms with van der Waals surface area (Å²) in [6.07, 6.45) is 2.14. The van der Waals surface area contributed by atoms with E-state index in [9.17, 15) is 0 Å². The zero-order valence-electron chi connectivity index (χ0n) is 9.32. The highest BCUT2D eigenvalue weighted by atomic mass is 16.5. The molecule has 0 saturated carbocycles. The first-order valence-electron chi connectivity index (χ1n) is 5.22. The molecule has 0 unspecified atom stereocenters. The molecular weight excluding hydrogens is 192 g/mol. The Bertz CT molecular complexity index is 297. The number of hydrogen-bond donors (Lipinski definition) is 1. The standard InChI is InChI=1S/C12H18O3/c1-3-4-7-15-11-6-5-10(9-13)8-12(11)14-2/h5-6,8,13H,3-4,7,9H2,1-2H3. The lowest BCUT2D eigenvalue weighted by atomic mass is 10.2. The summed E-state index contributed by atoms with van der Waals surface area (Å²) in [6.45, 7) is 2.84. The fourth-order valence-electron chi connectivity index (χ4n) is 1.26. The van der Waals surface area contributed by atoms with Crippen molar-refractivity contribution in [3.05, 3.63) is 23.8 Å². The van der Waals surface area contributed by atoms with Gasteiger partial charge in [-0.3, -0.25) is 0 Å². The van der Waals surface area contributed by atoms with Gasteiger partial charge in [0.2, 0.25) is 0 Å². The lowest BCUT2D eigenvalue weighted by molar-refractivity contribution is 0.275. The van der Waals surface area contributed by atoms with Crippen LogP contribution in [0.2, 0.25) is 0 Å². The number of unbranched alkanes of at least 4 members (excludes halogenated alkanes) is 1. The van der Waals surface area contributed by atoms with Crippen LogP contribution in [0, 0.1) is 0 Å². The molecule has 0 aromatic heterocycles. The van der Waals surface area contributed by atoms with E-state index in [-0.39, 0.29) is 6.61 Å². The Hall–Kier alpha value is -1.22. The average molecular weight is 210 g/mol. The number of methoxy groups -OCH3 is 1. The maximum Gasteiger partial charge on any atom is 0.161 e.